The minimum atomic E-state index is 0.00641. The molecule has 0 aliphatic heterocycles. The molecule has 0 unspecified atom stereocenters. The van der Waals surface area contributed by atoms with Gasteiger partial charge in [0.2, 0.25) is 0 Å². The van der Waals surface area contributed by atoms with Gasteiger partial charge in [-0.1, -0.05) is 56.3 Å². The van der Waals surface area contributed by atoms with Gasteiger partial charge >= 0.3 is 0 Å². The first-order valence-corrected chi connectivity index (χ1v) is 12.9. The number of carbonyl (C=O) groups is 1. The summed E-state index contributed by atoms with van der Waals surface area (Å²) in [5, 5.41) is 11.8. The van der Waals surface area contributed by atoms with Gasteiger partial charge in [-0.05, 0) is 62.8 Å². The molecule has 0 saturated heterocycles. The molecule has 0 aliphatic carbocycles. The number of aromatic hydroxyl groups is 1. The second-order valence-electron chi connectivity index (χ2n) is 9.63. The van der Waals surface area contributed by atoms with E-state index in [2.05, 4.69) is 35.9 Å². The first-order valence-electron chi connectivity index (χ1n) is 12.9. The van der Waals surface area contributed by atoms with Crippen molar-refractivity contribution in [3.63, 3.8) is 0 Å². The van der Waals surface area contributed by atoms with Crippen molar-refractivity contribution < 1.29 is 9.90 Å². The Kier molecular flexibility index (Phi) is 8.41. The van der Waals surface area contributed by atoms with Gasteiger partial charge in [-0.3, -0.25) is 4.79 Å². The number of nitrogens with one attached hydrogen (secondary N) is 1. The van der Waals surface area contributed by atoms with Gasteiger partial charge in [-0.25, -0.2) is 4.99 Å². The summed E-state index contributed by atoms with van der Waals surface area (Å²) >= 11 is 0. The van der Waals surface area contributed by atoms with Crippen LogP contribution in [0.5, 0.6) is 5.88 Å². The Morgan fingerprint density at radius 2 is 1.57 bits per heavy atom. The molecule has 192 valence electrons. The molecule has 4 rings (SSSR count). The molecule has 0 spiro atoms. The van der Waals surface area contributed by atoms with Crippen LogP contribution in [0.4, 0.5) is 5.69 Å². The van der Waals surface area contributed by atoms with E-state index in [0.717, 1.165) is 54.6 Å². The average molecular weight is 497 g/mol. The van der Waals surface area contributed by atoms with Crippen molar-refractivity contribution in [2.24, 2.45) is 4.99 Å². The predicted molar refractivity (Wildman–Crippen MR) is 152 cm³/mol. The quantitative estimate of drug-likeness (QED) is 0.251. The largest absolute Gasteiger partial charge is 0.494 e. The SMILES string of the molecule is CCCN(CCC)C(=O)c1ccc2[nH]c(O)c(C(=Nc3ccc(CN(C)C)cc3)c3ccccc3)c2c1. The lowest BCUT2D eigenvalue weighted by Crippen LogP contribution is -2.32. The second-order valence-corrected chi connectivity index (χ2v) is 9.63. The summed E-state index contributed by atoms with van der Waals surface area (Å²) in [7, 11) is 4.09. The van der Waals surface area contributed by atoms with E-state index in [1.54, 1.807) is 0 Å². The molecule has 6 nitrogen and oxygen atoms in total. The fraction of sp³-hybridized carbons (Fsp3) is 0.290. The van der Waals surface area contributed by atoms with Crippen molar-refractivity contribution in [3.05, 3.63) is 95.1 Å². The maximum atomic E-state index is 13.3. The Balaban J connectivity index is 1.83. The molecule has 0 aliphatic rings. The van der Waals surface area contributed by atoms with Crippen LogP contribution in [0.3, 0.4) is 0 Å². The van der Waals surface area contributed by atoms with Gasteiger partial charge in [0.1, 0.15) is 0 Å². The molecule has 0 bridgehead atoms. The van der Waals surface area contributed by atoms with Crippen LogP contribution in [0.1, 0.15) is 53.7 Å². The number of aliphatic imine (C=N–C) groups is 1. The fourth-order valence-electron chi connectivity index (χ4n) is 4.62. The molecule has 1 aromatic heterocycles. The van der Waals surface area contributed by atoms with Crippen LogP contribution in [-0.4, -0.2) is 58.7 Å². The molecule has 0 saturated carbocycles. The molecular formula is C31H36N4O2. The van der Waals surface area contributed by atoms with Crippen LogP contribution in [0.2, 0.25) is 0 Å². The average Bonchev–Trinajstić information content (AvgIpc) is 3.22. The Bertz CT molecular complexity index is 1370. The van der Waals surface area contributed by atoms with E-state index < -0.39 is 0 Å². The number of amides is 1. The smallest absolute Gasteiger partial charge is 0.253 e. The first-order chi connectivity index (χ1) is 17.9. The van der Waals surface area contributed by atoms with Crippen LogP contribution < -0.4 is 0 Å². The number of fused-ring (bicyclic) bond motifs is 1. The number of hydrogen-bond acceptors (Lipinski definition) is 4. The highest BCUT2D eigenvalue weighted by atomic mass is 16.3. The third kappa shape index (κ3) is 6.09. The third-order valence-electron chi connectivity index (χ3n) is 6.26. The Hall–Kier alpha value is -3.90. The minimum Gasteiger partial charge on any atom is -0.494 e. The monoisotopic (exact) mass is 496 g/mol. The van der Waals surface area contributed by atoms with E-state index in [1.807, 2.05) is 79.7 Å². The summed E-state index contributed by atoms with van der Waals surface area (Å²) in [4.78, 5) is 25.4. The van der Waals surface area contributed by atoms with Crippen LogP contribution in [0, 0.1) is 0 Å². The lowest BCUT2D eigenvalue weighted by molar-refractivity contribution is 0.0755. The summed E-state index contributed by atoms with van der Waals surface area (Å²) in [6, 6.07) is 23.5. The lowest BCUT2D eigenvalue weighted by Gasteiger charge is -2.21. The first kappa shape index (κ1) is 26.2. The maximum Gasteiger partial charge on any atom is 0.253 e. The van der Waals surface area contributed by atoms with Crippen molar-refractivity contribution >= 4 is 28.2 Å². The summed E-state index contributed by atoms with van der Waals surface area (Å²) in [6.45, 7) is 6.45. The molecule has 0 radical (unpaired) electrons. The van der Waals surface area contributed by atoms with Crippen molar-refractivity contribution in [1.29, 1.82) is 0 Å². The van der Waals surface area contributed by atoms with Crippen molar-refractivity contribution in [2.75, 3.05) is 27.2 Å². The van der Waals surface area contributed by atoms with Gasteiger partial charge in [-0.2, -0.15) is 0 Å². The summed E-state index contributed by atoms with van der Waals surface area (Å²) in [5.74, 6) is 0.0392. The molecule has 1 heterocycles. The van der Waals surface area contributed by atoms with Gasteiger partial charge < -0.3 is 19.9 Å². The number of rotatable bonds is 10. The number of benzene rings is 3. The summed E-state index contributed by atoms with van der Waals surface area (Å²) < 4.78 is 0. The molecule has 37 heavy (non-hydrogen) atoms. The number of H-pyrrole nitrogens is 1. The van der Waals surface area contributed by atoms with Gasteiger partial charge in [0.05, 0.1) is 17.0 Å². The number of aromatic nitrogens is 1. The number of carbonyl (C=O) groups excluding carboxylic acids is 1. The highest BCUT2D eigenvalue weighted by Crippen LogP contribution is 2.32. The summed E-state index contributed by atoms with van der Waals surface area (Å²) in [5.41, 5.74) is 5.47. The van der Waals surface area contributed by atoms with Crippen LogP contribution in [0.25, 0.3) is 10.9 Å². The van der Waals surface area contributed by atoms with Gasteiger partial charge in [0.25, 0.3) is 5.91 Å². The second kappa shape index (κ2) is 11.9. The van der Waals surface area contributed by atoms with Gasteiger partial charge in [0.15, 0.2) is 5.88 Å². The molecule has 1 amide bonds. The van der Waals surface area contributed by atoms with E-state index >= 15 is 0 Å². The van der Waals surface area contributed by atoms with E-state index in [-0.39, 0.29) is 11.8 Å². The van der Waals surface area contributed by atoms with E-state index in [9.17, 15) is 9.90 Å². The Morgan fingerprint density at radius 3 is 2.19 bits per heavy atom. The fourth-order valence-corrected chi connectivity index (χ4v) is 4.62. The van der Waals surface area contributed by atoms with E-state index in [0.29, 0.717) is 16.8 Å². The number of nitrogens with zero attached hydrogens (tertiary/aromatic N) is 3. The van der Waals surface area contributed by atoms with E-state index in [1.165, 1.54) is 5.56 Å². The van der Waals surface area contributed by atoms with E-state index in [4.69, 9.17) is 4.99 Å². The highest BCUT2D eigenvalue weighted by Gasteiger charge is 2.21. The van der Waals surface area contributed by atoms with Gasteiger partial charge in [-0.15, -0.1) is 0 Å². The normalized spacial score (nSPS) is 11.9. The standard InChI is InChI=1S/C31H36N4O2/c1-5-18-35(19-6-2)31(37)24-14-17-27-26(20-24)28(30(36)33-27)29(23-10-8-7-9-11-23)32-25-15-12-22(13-16-25)21-34(3)4/h7-17,20,33,36H,5-6,18-19,21H2,1-4H3. The molecule has 3 aromatic carbocycles. The van der Waals surface area contributed by atoms with Crippen LogP contribution in [-0.2, 0) is 6.54 Å². The number of aromatic amines is 1. The lowest BCUT2D eigenvalue weighted by atomic mass is 9.99. The molecule has 2 N–H and O–H groups in total. The zero-order chi connectivity index (χ0) is 26.4. The molecule has 4 aromatic rings. The molecule has 0 fully saturated rings. The molecule has 6 heteroatoms. The van der Waals surface area contributed by atoms with Crippen molar-refractivity contribution in [3.8, 4) is 5.88 Å². The van der Waals surface area contributed by atoms with Crippen molar-refractivity contribution in [1.82, 2.24) is 14.8 Å². The highest BCUT2D eigenvalue weighted by molar-refractivity contribution is 6.22. The summed E-state index contributed by atoms with van der Waals surface area (Å²) in [6.07, 6.45) is 1.81. The predicted octanol–water partition coefficient (Wildman–Crippen LogP) is 6.37. The molecule has 0 atom stereocenters. The Labute approximate surface area is 219 Å². The number of hydrogen-bond donors (Lipinski definition) is 2. The molecular weight excluding hydrogens is 460 g/mol. The van der Waals surface area contributed by atoms with Crippen molar-refractivity contribution in [2.45, 2.75) is 33.2 Å². The van der Waals surface area contributed by atoms with Gasteiger partial charge in [0, 0.05) is 41.7 Å². The third-order valence-corrected chi connectivity index (χ3v) is 6.26. The topological polar surface area (TPSA) is 71.9 Å². The minimum absolute atomic E-state index is 0.00641. The maximum absolute atomic E-state index is 13.3. The zero-order valence-corrected chi connectivity index (χ0v) is 22.2. The van der Waals surface area contributed by atoms with Crippen LogP contribution in [0.15, 0.2) is 77.8 Å². The Morgan fingerprint density at radius 1 is 0.892 bits per heavy atom. The van der Waals surface area contributed by atoms with Crippen LogP contribution >= 0.6 is 0 Å². The zero-order valence-electron chi connectivity index (χ0n) is 22.2.